The van der Waals surface area contributed by atoms with E-state index in [2.05, 4.69) is 42.2 Å². The second kappa shape index (κ2) is 8.88. The Hall–Kier alpha value is -1.29. The van der Waals surface area contributed by atoms with Gasteiger partial charge in [-0.3, -0.25) is 0 Å². The molecule has 1 aliphatic rings. The molecule has 3 rings (SSSR count). The number of hydrogen-bond acceptors (Lipinski definition) is 3. The van der Waals surface area contributed by atoms with Gasteiger partial charge in [0.25, 0.3) is 0 Å². The molecule has 0 bridgehead atoms. The van der Waals surface area contributed by atoms with E-state index in [0.717, 1.165) is 31.0 Å². The van der Waals surface area contributed by atoms with Crippen molar-refractivity contribution in [3.05, 3.63) is 65.7 Å². The van der Waals surface area contributed by atoms with Crippen LogP contribution in [-0.2, 0) is 11.2 Å². The van der Waals surface area contributed by atoms with Gasteiger partial charge in [-0.1, -0.05) is 48.5 Å². The van der Waals surface area contributed by atoms with Gasteiger partial charge in [-0.2, -0.15) is 0 Å². The zero-order valence-corrected chi connectivity index (χ0v) is 13.4. The molecule has 1 aliphatic heterocycles. The summed E-state index contributed by atoms with van der Waals surface area (Å²) in [7, 11) is 0. The van der Waals surface area contributed by atoms with E-state index in [-0.39, 0.29) is 0 Å². The van der Waals surface area contributed by atoms with Crippen molar-refractivity contribution < 1.29 is 4.74 Å². The summed E-state index contributed by atoms with van der Waals surface area (Å²) in [5.74, 6) is 0. The topological polar surface area (TPSA) is 21.3 Å². The molecule has 3 heteroatoms. The normalized spacial score (nSPS) is 17.7. The summed E-state index contributed by atoms with van der Waals surface area (Å²) in [6, 6.07) is 18.5. The fourth-order valence-corrected chi connectivity index (χ4v) is 2.35. The van der Waals surface area contributed by atoms with Crippen molar-refractivity contribution in [2.45, 2.75) is 24.3 Å². The highest BCUT2D eigenvalue weighted by Gasteiger charge is 2.12. The van der Waals surface area contributed by atoms with Gasteiger partial charge in [0, 0.05) is 18.0 Å². The van der Waals surface area contributed by atoms with Gasteiger partial charge in [0.2, 0.25) is 0 Å². The quantitative estimate of drug-likeness (QED) is 0.829. The molecule has 0 aromatic heterocycles. The molecule has 1 heterocycles. The van der Waals surface area contributed by atoms with E-state index >= 15 is 0 Å². The van der Waals surface area contributed by atoms with E-state index in [0.29, 0.717) is 6.10 Å². The molecule has 0 radical (unpaired) electrons. The van der Waals surface area contributed by atoms with Crippen molar-refractivity contribution in [1.29, 1.82) is 0 Å². The Bertz CT molecular complexity index is 503. The highest BCUT2D eigenvalue weighted by molar-refractivity contribution is 7.80. The van der Waals surface area contributed by atoms with Crippen LogP contribution in [0.3, 0.4) is 0 Å². The molecule has 112 valence electrons. The maximum absolute atomic E-state index is 5.62. The summed E-state index contributed by atoms with van der Waals surface area (Å²) in [4.78, 5) is 1.06. The lowest BCUT2D eigenvalue weighted by Gasteiger charge is -2.23. The molecule has 1 fully saturated rings. The summed E-state index contributed by atoms with van der Waals surface area (Å²) in [5, 5.41) is 3.33. The van der Waals surface area contributed by atoms with Gasteiger partial charge in [-0.05, 0) is 30.5 Å². The van der Waals surface area contributed by atoms with Gasteiger partial charge in [0.05, 0.1) is 12.7 Å². The summed E-state index contributed by atoms with van der Waals surface area (Å²) >= 11 is 4.20. The van der Waals surface area contributed by atoms with Crippen LogP contribution in [0.15, 0.2) is 59.5 Å². The Morgan fingerprint density at radius 2 is 1.81 bits per heavy atom. The van der Waals surface area contributed by atoms with Gasteiger partial charge in [-0.15, -0.1) is 12.6 Å². The second-order valence-corrected chi connectivity index (χ2v) is 5.65. The predicted molar refractivity (Wildman–Crippen MR) is 91.2 cm³/mol. The molecule has 2 aromatic carbocycles. The van der Waals surface area contributed by atoms with E-state index in [1.165, 1.54) is 11.1 Å². The lowest BCUT2D eigenvalue weighted by Crippen LogP contribution is -2.39. The van der Waals surface area contributed by atoms with E-state index in [1.807, 2.05) is 37.3 Å². The van der Waals surface area contributed by atoms with Crippen molar-refractivity contribution in [2.24, 2.45) is 0 Å². The minimum absolute atomic E-state index is 0.358. The average Bonchev–Trinajstić information content (AvgIpc) is 2.53. The molecule has 0 amide bonds. The number of morpholine rings is 1. The van der Waals surface area contributed by atoms with Gasteiger partial charge in [0.15, 0.2) is 0 Å². The Morgan fingerprint density at radius 3 is 2.38 bits per heavy atom. The van der Waals surface area contributed by atoms with Gasteiger partial charge < -0.3 is 10.1 Å². The average molecular weight is 301 g/mol. The SMILES string of the molecule is Cc1ccccc1S.c1ccc(CC2CNCCO2)cc1. The van der Waals surface area contributed by atoms with Crippen LogP contribution >= 0.6 is 12.6 Å². The van der Waals surface area contributed by atoms with Crippen LogP contribution in [-0.4, -0.2) is 25.8 Å². The molecule has 1 N–H and O–H groups in total. The molecule has 0 aliphatic carbocycles. The van der Waals surface area contributed by atoms with E-state index in [1.54, 1.807) is 0 Å². The first kappa shape index (κ1) is 16.1. The summed E-state index contributed by atoms with van der Waals surface area (Å²) in [6.45, 7) is 4.86. The third-order valence-electron chi connectivity index (χ3n) is 3.43. The van der Waals surface area contributed by atoms with E-state index < -0.39 is 0 Å². The number of thiol groups is 1. The van der Waals surface area contributed by atoms with Gasteiger partial charge in [-0.25, -0.2) is 0 Å². The predicted octanol–water partition coefficient (Wildman–Crippen LogP) is 3.50. The second-order valence-electron chi connectivity index (χ2n) is 5.17. The van der Waals surface area contributed by atoms with E-state index in [9.17, 15) is 0 Å². The zero-order chi connectivity index (χ0) is 14.9. The maximum atomic E-state index is 5.62. The van der Waals surface area contributed by atoms with Crippen LogP contribution in [0.4, 0.5) is 0 Å². The molecule has 1 atom stereocenters. The lowest BCUT2D eigenvalue weighted by atomic mass is 10.1. The highest BCUT2D eigenvalue weighted by Crippen LogP contribution is 2.09. The summed E-state index contributed by atoms with van der Waals surface area (Å²) in [5.41, 5.74) is 2.59. The Labute approximate surface area is 132 Å². The molecule has 0 saturated carbocycles. The van der Waals surface area contributed by atoms with Crippen LogP contribution in [0.2, 0.25) is 0 Å². The largest absolute Gasteiger partial charge is 0.375 e. The van der Waals surface area contributed by atoms with Crippen molar-refractivity contribution in [3.63, 3.8) is 0 Å². The zero-order valence-electron chi connectivity index (χ0n) is 12.5. The van der Waals surface area contributed by atoms with E-state index in [4.69, 9.17) is 4.74 Å². The van der Waals surface area contributed by atoms with Crippen molar-refractivity contribution in [1.82, 2.24) is 5.32 Å². The lowest BCUT2D eigenvalue weighted by molar-refractivity contribution is 0.0292. The van der Waals surface area contributed by atoms with Gasteiger partial charge in [0.1, 0.15) is 0 Å². The maximum Gasteiger partial charge on any atom is 0.0740 e. The minimum Gasteiger partial charge on any atom is -0.375 e. The fourth-order valence-electron chi connectivity index (χ4n) is 2.19. The number of rotatable bonds is 2. The molecule has 21 heavy (non-hydrogen) atoms. The molecule has 1 saturated heterocycles. The molecule has 1 unspecified atom stereocenters. The van der Waals surface area contributed by atoms with Crippen LogP contribution < -0.4 is 5.32 Å². The van der Waals surface area contributed by atoms with Crippen molar-refractivity contribution >= 4 is 12.6 Å². The summed E-state index contributed by atoms with van der Waals surface area (Å²) in [6.07, 6.45) is 1.38. The standard InChI is InChI=1S/C11H15NO.C7H8S/c1-2-4-10(5-3-1)8-11-9-12-6-7-13-11;1-6-4-2-3-5-7(6)8/h1-5,11-12H,6-9H2;2-5,8H,1H3. The number of ether oxygens (including phenoxy) is 1. The van der Waals surface area contributed by atoms with Crippen molar-refractivity contribution in [2.75, 3.05) is 19.7 Å². The van der Waals surface area contributed by atoms with Crippen LogP contribution in [0.1, 0.15) is 11.1 Å². The summed E-state index contributed by atoms with van der Waals surface area (Å²) < 4.78 is 5.62. The molecule has 0 spiro atoms. The molecule has 2 aromatic rings. The third kappa shape index (κ3) is 5.92. The third-order valence-corrected chi connectivity index (χ3v) is 3.93. The molecular weight excluding hydrogens is 278 g/mol. The Morgan fingerprint density at radius 1 is 1.10 bits per heavy atom. The first-order valence-electron chi connectivity index (χ1n) is 7.36. The molecule has 2 nitrogen and oxygen atoms in total. The highest BCUT2D eigenvalue weighted by atomic mass is 32.1. The minimum atomic E-state index is 0.358. The monoisotopic (exact) mass is 301 g/mol. The fraction of sp³-hybridized carbons (Fsp3) is 0.333. The smallest absolute Gasteiger partial charge is 0.0740 e. The number of nitrogens with one attached hydrogen (secondary N) is 1. The van der Waals surface area contributed by atoms with Gasteiger partial charge >= 0.3 is 0 Å². The Balaban J connectivity index is 0.000000173. The first-order valence-corrected chi connectivity index (χ1v) is 7.81. The van der Waals surface area contributed by atoms with Crippen LogP contribution in [0.25, 0.3) is 0 Å². The molecular formula is C18H23NOS. The van der Waals surface area contributed by atoms with Crippen LogP contribution in [0, 0.1) is 6.92 Å². The number of hydrogen-bond donors (Lipinski definition) is 2. The van der Waals surface area contributed by atoms with Crippen LogP contribution in [0.5, 0.6) is 0 Å². The Kier molecular flexibility index (Phi) is 6.80. The number of benzene rings is 2. The van der Waals surface area contributed by atoms with Crippen molar-refractivity contribution in [3.8, 4) is 0 Å². The number of aryl methyl sites for hydroxylation is 1. The first-order chi connectivity index (χ1) is 10.3.